The Hall–Kier alpha value is -0.129. The molecule has 1 aromatic rings. The zero-order valence-electron chi connectivity index (χ0n) is 41.8. The smallest absolute Gasteiger partial charge is 0.0803 e. The van der Waals surface area contributed by atoms with Crippen molar-refractivity contribution in [3.8, 4) is 0 Å². The summed E-state index contributed by atoms with van der Waals surface area (Å²) in [4.78, 5) is 0. The van der Waals surface area contributed by atoms with Crippen molar-refractivity contribution in [2.45, 2.75) is 238 Å². The molecule has 0 nitrogen and oxygen atoms in total. The predicted octanol–water partition coefficient (Wildman–Crippen LogP) is 16.1. The fourth-order valence-corrected chi connectivity index (χ4v) is 126. The van der Waals surface area contributed by atoms with Gasteiger partial charge >= 0.3 is 0 Å². The van der Waals surface area contributed by atoms with Crippen molar-refractivity contribution < 1.29 is 0 Å². The van der Waals surface area contributed by atoms with E-state index in [0.29, 0.717) is 5.54 Å². The second kappa shape index (κ2) is 14.6. The van der Waals surface area contributed by atoms with Crippen LogP contribution in [0, 0.1) is 0 Å². The summed E-state index contributed by atoms with van der Waals surface area (Å²) in [6, 6.07) is 12.4. The van der Waals surface area contributed by atoms with Crippen LogP contribution in [0.1, 0.15) is 166 Å². The normalized spacial score (nSPS) is 18.4. The van der Waals surface area contributed by atoms with Crippen LogP contribution in [0.4, 0.5) is 0 Å². The first-order valence-corrected chi connectivity index (χ1v) is 39.2. The van der Waals surface area contributed by atoms with Crippen LogP contribution in [0.15, 0.2) is 54.6 Å². The molecule has 6 heteroatoms. The molecule has 0 atom stereocenters. The van der Waals surface area contributed by atoms with Crippen molar-refractivity contribution in [3.63, 3.8) is 0 Å². The zero-order valence-corrected chi connectivity index (χ0v) is 47.8. The first kappa shape index (κ1) is 50.0. The summed E-state index contributed by atoms with van der Waals surface area (Å²) in [6.45, 7) is 75.2. The van der Waals surface area contributed by atoms with E-state index in [1.54, 1.807) is 10.4 Å². The minimum absolute atomic E-state index is 0.215. The van der Waals surface area contributed by atoms with E-state index in [-0.39, 0.29) is 40.3 Å². The van der Waals surface area contributed by atoms with Gasteiger partial charge in [-0.25, -0.2) is 0 Å². The Kier molecular flexibility index (Phi) is 13.5. The Morgan fingerprint density at radius 3 is 0.870 bits per heavy atom. The Balaban J connectivity index is 3.59. The lowest BCUT2D eigenvalue weighted by molar-refractivity contribution is 0.621. The molecule has 0 aliphatic heterocycles. The summed E-state index contributed by atoms with van der Waals surface area (Å²) in [5, 5.41) is 5.52. The van der Waals surface area contributed by atoms with Gasteiger partial charge in [0.05, 0.1) is 37.5 Å². The fourth-order valence-electron chi connectivity index (χ4n) is 13.1. The van der Waals surface area contributed by atoms with Crippen LogP contribution < -0.4 is 5.19 Å². The van der Waals surface area contributed by atoms with Gasteiger partial charge in [0, 0.05) is 7.44 Å². The van der Waals surface area contributed by atoms with Gasteiger partial charge in [0.1, 0.15) is 0 Å². The standard InChI is InChI=1S/C48H94Si6/c1-41(2,3)50(25,42(4,5)6)49(51(26,43(7,8)9)44(10,11)12)38-34-36-40(37-35-38)54(39-32-30-29-31-33-39,52(27,45(13,14)15)46(16,17)18)53(28,47(19,20)21)48(22,23)24/h29-37,40H,1-28H3. The molecule has 0 N–H and O–H groups in total. The van der Waals surface area contributed by atoms with Crippen LogP contribution in [0.2, 0.25) is 72.0 Å². The molecule has 1 aliphatic carbocycles. The molecule has 0 saturated carbocycles. The first-order chi connectivity index (χ1) is 23.4. The summed E-state index contributed by atoms with van der Waals surface area (Å²) >= 11 is 0. The number of hydrogen-bond acceptors (Lipinski definition) is 0. The van der Waals surface area contributed by atoms with Gasteiger partial charge in [0.2, 0.25) is 0 Å². The quantitative estimate of drug-likeness (QED) is 0.250. The van der Waals surface area contributed by atoms with Gasteiger partial charge in [0.15, 0.2) is 0 Å². The highest BCUT2D eigenvalue weighted by atomic mass is 29.6. The van der Waals surface area contributed by atoms with Gasteiger partial charge in [-0.15, -0.1) is 0 Å². The third-order valence-corrected chi connectivity index (χ3v) is 107. The van der Waals surface area contributed by atoms with Crippen LogP contribution >= 0.6 is 0 Å². The van der Waals surface area contributed by atoms with Crippen molar-refractivity contribution in [2.24, 2.45) is 0 Å². The highest BCUT2D eigenvalue weighted by molar-refractivity contribution is 7.76. The molecule has 1 aliphatic rings. The number of allylic oxidation sites excluding steroid dienone is 4. The van der Waals surface area contributed by atoms with Crippen molar-refractivity contribution in [1.82, 2.24) is 0 Å². The van der Waals surface area contributed by atoms with Gasteiger partial charge in [0.25, 0.3) is 0 Å². The highest BCUT2D eigenvalue weighted by Gasteiger charge is 2.76. The molecular weight excluding hydrogens is 745 g/mol. The average molecular weight is 840 g/mol. The average Bonchev–Trinajstić information content (AvgIpc) is 2.93. The van der Waals surface area contributed by atoms with Crippen LogP contribution in [0.5, 0.6) is 0 Å². The van der Waals surface area contributed by atoms with Crippen LogP contribution in [-0.4, -0.2) is 50.1 Å². The van der Waals surface area contributed by atoms with Gasteiger partial charge in [-0.05, 0) is 45.8 Å². The highest BCUT2D eigenvalue weighted by Crippen LogP contribution is 2.68. The summed E-state index contributed by atoms with van der Waals surface area (Å²) in [7, 11) is -12.0. The number of hydrogen-bond donors (Lipinski definition) is 0. The monoisotopic (exact) mass is 839 g/mol. The van der Waals surface area contributed by atoms with Gasteiger partial charge < -0.3 is 0 Å². The Labute approximate surface area is 346 Å². The van der Waals surface area contributed by atoms with Crippen molar-refractivity contribution in [2.75, 3.05) is 0 Å². The van der Waals surface area contributed by atoms with E-state index in [9.17, 15) is 0 Å². The lowest BCUT2D eigenvalue weighted by Gasteiger charge is -2.72. The van der Waals surface area contributed by atoms with E-state index in [4.69, 9.17) is 0 Å². The predicted molar refractivity (Wildman–Crippen MR) is 269 cm³/mol. The minimum Gasteiger partial charge on any atom is -0.0803 e. The SMILES string of the molecule is CC(C)(C)[Si](C)([Si](=C1C=CC([Si](c2ccccc2)([Si](C)(C(C)(C)C)C(C)(C)C)[Si](C)(C(C)(C)C)C(C)(C)C)C=C1)[Si](C)(C(C)(C)C)C(C)(C)C)C(C)(C)C. The molecule has 310 valence electrons. The third kappa shape index (κ3) is 7.27. The Morgan fingerprint density at radius 1 is 0.389 bits per heavy atom. The van der Waals surface area contributed by atoms with Crippen LogP contribution in [-0.2, 0) is 0 Å². The second-order valence-corrected chi connectivity index (χ2v) is 74.7. The topological polar surface area (TPSA) is 0 Å². The molecule has 0 unspecified atom stereocenters. The lowest BCUT2D eigenvalue weighted by Crippen LogP contribution is -2.90. The molecule has 0 amide bonds. The fraction of sp³-hybridized carbons (Fsp3) is 0.771. The van der Waals surface area contributed by atoms with E-state index in [1.807, 2.05) is 0 Å². The van der Waals surface area contributed by atoms with Crippen molar-refractivity contribution in [3.05, 3.63) is 54.6 Å². The van der Waals surface area contributed by atoms with Crippen LogP contribution in [0.25, 0.3) is 0 Å². The van der Waals surface area contributed by atoms with E-state index in [0.717, 1.165) is 0 Å². The molecule has 0 saturated heterocycles. The van der Waals surface area contributed by atoms with Gasteiger partial charge in [-0.1, -0.05) is 257 Å². The maximum Gasteiger partial charge on any atom is 0.0872 e. The van der Waals surface area contributed by atoms with Gasteiger partial charge in [-0.3, -0.25) is 0 Å². The maximum absolute atomic E-state index is 2.93. The van der Waals surface area contributed by atoms with Gasteiger partial charge in [-0.2, -0.15) is 0 Å². The maximum atomic E-state index is 2.93. The molecule has 0 spiro atoms. The van der Waals surface area contributed by atoms with Crippen molar-refractivity contribution in [1.29, 1.82) is 0 Å². The molecule has 0 radical (unpaired) electrons. The largest absolute Gasteiger partial charge is 0.0872 e. The zero-order chi connectivity index (χ0) is 43.2. The molecule has 0 fully saturated rings. The lowest BCUT2D eigenvalue weighted by atomic mass is 10.2. The van der Waals surface area contributed by atoms with Crippen molar-refractivity contribution >= 4 is 55.3 Å². The minimum atomic E-state index is -2.50. The Bertz CT molecular complexity index is 1420. The molecule has 2 rings (SSSR count). The summed E-state index contributed by atoms with van der Waals surface area (Å²) in [6.07, 6.45) is 11.5. The molecule has 0 aromatic heterocycles. The molecule has 1 aromatic carbocycles. The van der Waals surface area contributed by atoms with E-state index in [2.05, 4.69) is 247 Å². The second-order valence-electron chi connectivity index (χ2n) is 26.7. The number of benzene rings is 1. The summed E-state index contributed by atoms with van der Waals surface area (Å²) in [5.41, 5.74) is 0.464. The first-order valence-electron chi connectivity index (χ1n) is 21.6. The molecule has 0 bridgehead atoms. The number of rotatable bonds is 6. The molecule has 54 heavy (non-hydrogen) atoms. The molecular formula is C48H94Si6. The Morgan fingerprint density at radius 2 is 0.648 bits per heavy atom. The molecule has 0 heterocycles. The third-order valence-electron chi connectivity index (χ3n) is 17.6. The van der Waals surface area contributed by atoms with E-state index in [1.165, 1.54) is 0 Å². The van der Waals surface area contributed by atoms with Crippen LogP contribution in [0.3, 0.4) is 0 Å². The van der Waals surface area contributed by atoms with E-state index < -0.39 is 44.9 Å². The summed E-state index contributed by atoms with van der Waals surface area (Å²) < 4.78 is 0. The summed E-state index contributed by atoms with van der Waals surface area (Å²) in [5.74, 6) is 0. The van der Waals surface area contributed by atoms with E-state index >= 15 is 0 Å².